The van der Waals surface area contributed by atoms with Gasteiger partial charge in [-0.2, -0.15) is 0 Å². The molecule has 0 bridgehead atoms. The summed E-state index contributed by atoms with van der Waals surface area (Å²) in [5, 5.41) is 0.293. The molecule has 31 heavy (non-hydrogen) atoms. The van der Waals surface area contributed by atoms with Crippen LogP contribution in [0.5, 0.6) is 0 Å². The molecule has 1 aromatic heterocycles. The number of pyridine rings is 1. The number of fused-ring (bicyclic) bond motifs is 1. The minimum Gasteiger partial charge on any atom is -0.298 e. The van der Waals surface area contributed by atoms with Gasteiger partial charge in [0.2, 0.25) is 0 Å². The summed E-state index contributed by atoms with van der Waals surface area (Å²) in [6, 6.07) is 13.0. The number of Topliss-reactive ketones (excluding diaryl/α,β-unsaturated/α-hetero) is 2. The molecule has 2 fully saturated rings. The lowest BCUT2D eigenvalue weighted by molar-refractivity contribution is -0.0110. The third kappa shape index (κ3) is 3.25. The lowest BCUT2D eigenvalue weighted by Crippen LogP contribution is -2.65. The Morgan fingerprint density at radius 1 is 0.935 bits per heavy atom. The van der Waals surface area contributed by atoms with Crippen LogP contribution in [0.15, 0.2) is 42.5 Å². The Kier molecular flexibility index (Phi) is 5.45. The van der Waals surface area contributed by atoms with Crippen LogP contribution in [0, 0.1) is 0 Å². The molecule has 1 atom stereocenters. The van der Waals surface area contributed by atoms with E-state index in [1.54, 1.807) is 30.3 Å². The average Bonchev–Trinajstić information content (AvgIpc) is 3.02. The monoisotopic (exact) mass is 437 g/mol. The maximum absolute atomic E-state index is 13.9. The highest BCUT2D eigenvalue weighted by molar-refractivity contribution is 6.33. The van der Waals surface area contributed by atoms with Crippen molar-refractivity contribution in [3.05, 3.63) is 64.4 Å². The molecule has 5 nitrogen and oxygen atoms in total. The summed E-state index contributed by atoms with van der Waals surface area (Å²) < 4.78 is 0. The van der Waals surface area contributed by atoms with Gasteiger partial charge >= 0.3 is 0 Å². The minimum atomic E-state index is -1.44. The number of carbonyl (C=O) groups excluding carboxylic acids is 2. The van der Waals surface area contributed by atoms with E-state index in [0.717, 1.165) is 13.1 Å². The van der Waals surface area contributed by atoms with Gasteiger partial charge in [0.25, 0.3) is 0 Å². The largest absolute Gasteiger partial charge is 0.298 e. The Morgan fingerprint density at radius 2 is 1.61 bits per heavy atom. The quantitative estimate of drug-likeness (QED) is 0.527. The summed E-state index contributed by atoms with van der Waals surface area (Å²) in [6.45, 7) is 4.49. The van der Waals surface area contributed by atoms with Crippen LogP contribution in [0.3, 0.4) is 0 Å². The summed E-state index contributed by atoms with van der Waals surface area (Å²) in [4.78, 5) is 37.0. The van der Waals surface area contributed by atoms with Crippen molar-refractivity contribution in [3.8, 4) is 0 Å². The van der Waals surface area contributed by atoms with E-state index < -0.39 is 5.54 Å². The van der Waals surface area contributed by atoms with Crippen LogP contribution >= 0.6 is 11.6 Å². The van der Waals surface area contributed by atoms with Crippen molar-refractivity contribution in [2.24, 2.45) is 0 Å². The van der Waals surface area contributed by atoms with Crippen LogP contribution in [-0.4, -0.2) is 58.1 Å². The molecule has 0 radical (unpaired) electrons. The summed E-state index contributed by atoms with van der Waals surface area (Å²) in [7, 11) is 0. The molecule has 1 unspecified atom stereocenters. The van der Waals surface area contributed by atoms with Gasteiger partial charge in [-0.15, -0.1) is 0 Å². The van der Waals surface area contributed by atoms with Gasteiger partial charge in [0.05, 0.1) is 5.69 Å². The Hall–Kier alpha value is -2.08. The summed E-state index contributed by atoms with van der Waals surface area (Å²) in [5.74, 6) is -0.360. The van der Waals surface area contributed by atoms with E-state index in [9.17, 15) is 9.59 Å². The molecule has 162 valence electrons. The van der Waals surface area contributed by atoms with E-state index in [1.165, 1.54) is 32.1 Å². The first-order valence-corrected chi connectivity index (χ1v) is 11.7. The number of aromatic nitrogens is 1. The lowest BCUT2D eigenvalue weighted by Gasteiger charge is -2.49. The zero-order valence-electron chi connectivity index (χ0n) is 17.9. The van der Waals surface area contributed by atoms with E-state index in [-0.39, 0.29) is 17.6 Å². The minimum absolute atomic E-state index is 0.0404. The second-order valence-corrected chi connectivity index (χ2v) is 9.48. The maximum atomic E-state index is 13.9. The van der Waals surface area contributed by atoms with Crippen LogP contribution in [0.1, 0.15) is 65.4 Å². The van der Waals surface area contributed by atoms with E-state index in [0.29, 0.717) is 34.6 Å². The second-order valence-electron chi connectivity index (χ2n) is 9.09. The number of carbonyl (C=O) groups is 2. The van der Waals surface area contributed by atoms with Crippen molar-refractivity contribution in [3.63, 3.8) is 0 Å². The molecule has 5 rings (SSSR count). The molecule has 2 aliphatic carbocycles. The number of nitrogens with zero attached hydrogens (tertiary/aromatic N) is 3. The summed E-state index contributed by atoms with van der Waals surface area (Å²) in [5.41, 5.74) is -0.0383. The van der Waals surface area contributed by atoms with Gasteiger partial charge in [0.15, 0.2) is 17.1 Å². The van der Waals surface area contributed by atoms with Crippen molar-refractivity contribution in [1.29, 1.82) is 0 Å². The molecular weight excluding hydrogens is 410 g/mol. The van der Waals surface area contributed by atoms with E-state index in [2.05, 4.69) is 21.7 Å². The molecule has 0 amide bonds. The van der Waals surface area contributed by atoms with Crippen molar-refractivity contribution in [2.45, 2.75) is 56.7 Å². The Labute approximate surface area is 188 Å². The van der Waals surface area contributed by atoms with Crippen molar-refractivity contribution >= 4 is 23.2 Å². The Balaban J connectivity index is 1.55. The molecule has 0 spiro atoms. The number of hydrogen-bond acceptors (Lipinski definition) is 5. The number of ketones is 2. The van der Waals surface area contributed by atoms with Gasteiger partial charge in [-0.1, -0.05) is 61.2 Å². The first kappa shape index (κ1) is 20.8. The highest BCUT2D eigenvalue weighted by Gasteiger charge is 2.60. The Morgan fingerprint density at radius 3 is 2.23 bits per heavy atom. The number of benzene rings is 1. The van der Waals surface area contributed by atoms with Crippen LogP contribution in [-0.2, 0) is 5.54 Å². The molecule has 0 N–H and O–H groups in total. The first-order valence-electron chi connectivity index (χ1n) is 11.4. The van der Waals surface area contributed by atoms with Gasteiger partial charge in [0, 0.05) is 42.8 Å². The molecule has 1 saturated carbocycles. The maximum Gasteiger partial charge on any atom is 0.198 e. The topological polar surface area (TPSA) is 53.5 Å². The third-order valence-corrected chi connectivity index (χ3v) is 7.55. The SMILES string of the molecule is CC1CN(C2CCCCC2)CCN1C1(c2cccc(Cl)n2)C(=O)c2ccccc2C1=O. The smallest absolute Gasteiger partial charge is 0.198 e. The van der Waals surface area contributed by atoms with E-state index >= 15 is 0 Å². The number of rotatable bonds is 3. The lowest BCUT2D eigenvalue weighted by atomic mass is 9.84. The van der Waals surface area contributed by atoms with Crippen LogP contribution in [0.25, 0.3) is 0 Å². The first-order chi connectivity index (χ1) is 15.0. The zero-order valence-corrected chi connectivity index (χ0v) is 18.6. The zero-order chi connectivity index (χ0) is 21.6. The summed E-state index contributed by atoms with van der Waals surface area (Å²) in [6.07, 6.45) is 6.41. The van der Waals surface area contributed by atoms with Gasteiger partial charge in [-0.3, -0.25) is 19.4 Å². The normalized spacial score (nSPS) is 25.0. The highest BCUT2D eigenvalue weighted by atomic mass is 35.5. The van der Waals surface area contributed by atoms with Crippen molar-refractivity contribution in [2.75, 3.05) is 19.6 Å². The van der Waals surface area contributed by atoms with Gasteiger partial charge < -0.3 is 0 Å². The molecule has 3 aliphatic rings. The van der Waals surface area contributed by atoms with Crippen molar-refractivity contribution < 1.29 is 9.59 Å². The fraction of sp³-hybridized carbons (Fsp3) is 0.480. The predicted octanol–water partition coefficient (Wildman–Crippen LogP) is 4.35. The number of hydrogen-bond donors (Lipinski definition) is 0. The van der Waals surface area contributed by atoms with Gasteiger partial charge in [0.1, 0.15) is 5.15 Å². The molecular formula is C25H28ClN3O2. The van der Waals surface area contributed by atoms with Crippen LogP contribution in [0.4, 0.5) is 0 Å². The Bertz CT molecular complexity index is 982. The fourth-order valence-corrected chi connectivity index (χ4v) is 6.05. The molecule has 6 heteroatoms. The molecule has 2 aromatic rings. The standard InChI is InChI=1S/C25H28ClN3O2/c1-17-16-28(18-8-3-2-4-9-18)14-15-29(17)25(21-12-7-13-22(26)27-21)23(30)19-10-5-6-11-20(19)24(25)31/h5-7,10-13,17-18H,2-4,8-9,14-16H2,1H3. The second kappa shape index (κ2) is 8.12. The van der Waals surface area contributed by atoms with Crippen LogP contribution < -0.4 is 0 Å². The van der Waals surface area contributed by atoms with E-state index in [1.807, 2.05) is 12.1 Å². The van der Waals surface area contributed by atoms with Crippen LogP contribution in [0.2, 0.25) is 5.15 Å². The third-order valence-electron chi connectivity index (χ3n) is 7.34. The molecule has 2 heterocycles. The number of halogens is 1. The predicted molar refractivity (Wildman–Crippen MR) is 121 cm³/mol. The molecule has 1 saturated heterocycles. The van der Waals surface area contributed by atoms with Crippen molar-refractivity contribution in [1.82, 2.24) is 14.8 Å². The fourth-order valence-electron chi connectivity index (χ4n) is 5.88. The average molecular weight is 438 g/mol. The number of piperazine rings is 1. The highest BCUT2D eigenvalue weighted by Crippen LogP contribution is 2.44. The molecule has 1 aromatic carbocycles. The summed E-state index contributed by atoms with van der Waals surface area (Å²) >= 11 is 6.23. The van der Waals surface area contributed by atoms with Gasteiger partial charge in [-0.05, 0) is 31.9 Å². The van der Waals surface area contributed by atoms with E-state index in [4.69, 9.17) is 11.6 Å². The molecule has 1 aliphatic heterocycles. The van der Waals surface area contributed by atoms with Gasteiger partial charge in [-0.25, -0.2) is 4.98 Å².